The molecule has 1 aliphatic rings. The maximum Gasteiger partial charge on any atom is 0.314 e. The van der Waals surface area contributed by atoms with Crippen molar-refractivity contribution in [2.45, 2.75) is 44.8 Å². The number of amides is 1. The number of ketones is 1. The Morgan fingerprint density at radius 3 is 2.43 bits per heavy atom. The second-order valence-electron chi connectivity index (χ2n) is 8.22. The summed E-state index contributed by atoms with van der Waals surface area (Å²) in [5.74, 6) is -2.24. The third kappa shape index (κ3) is 4.44. The number of esters is 1. The minimum Gasteiger partial charge on any atom is -0.450 e. The zero-order valence-corrected chi connectivity index (χ0v) is 17.5. The van der Waals surface area contributed by atoms with E-state index >= 15 is 0 Å². The van der Waals surface area contributed by atoms with Gasteiger partial charge < -0.3 is 15.2 Å². The highest BCUT2D eigenvalue weighted by Gasteiger charge is 2.53. The molecule has 158 valence electrons. The Kier molecular flexibility index (Phi) is 6.37. The molecule has 3 atom stereocenters. The largest absolute Gasteiger partial charge is 0.450 e. The molecule has 2 N–H and O–H groups in total. The number of primary amides is 1. The van der Waals surface area contributed by atoms with Crippen LogP contribution in [0, 0.1) is 5.92 Å². The number of hydrogen-bond acceptors (Lipinski definition) is 5. The van der Waals surface area contributed by atoms with Gasteiger partial charge in [0, 0.05) is 0 Å². The number of Topliss-reactive ketones (excluding diaryl/α,β-unsaturated/α-hetero) is 1. The highest BCUT2D eigenvalue weighted by molar-refractivity contribution is 5.99. The molecule has 6 heteroatoms. The molecule has 1 amide bonds. The quantitative estimate of drug-likeness (QED) is 0.708. The lowest BCUT2D eigenvalue weighted by Gasteiger charge is -2.27. The molecule has 0 aromatic heterocycles. The highest BCUT2D eigenvalue weighted by Crippen LogP contribution is 2.32. The number of hydrogen-bond donors (Lipinski definition) is 1. The van der Waals surface area contributed by atoms with Crippen LogP contribution in [0.1, 0.15) is 38.7 Å². The zero-order valence-electron chi connectivity index (χ0n) is 17.5. The molecule has 0 aliphatic carbocycles. The van der Waals surface area contributed by atoms with Gasteiger partial charge in [-0.1, -0.05) is 68.4 Å². The van der Waals surface area contributed by atoms with Crippen molar-refractivity contribution in [3.8, 4) is 11.1 Å². The Balaban J connectivity index is 1.90. The van der Waals surface area contributed by atoms with Gasteiger partial charge in [-0.05, 0) is 36.0 Å². The number of rotatable bonds is 7. The van der Waals surface area contributed by atoms with Crippen LogP contribution in [0.4, 0.5) is 0 Å². The minimum atomic E-state index is -1.65. The van der Waals surface area contributed by atoms with Gasteiger partial charge in [-0.3, -0.25) is 14.4 Å². The third-order valence-corrected chi connectivity index (χ3v) is 5.42. The van der Waals surface area contributed by atoms with Crippen LogP contribution in [-0.4, -0.2) is 36.0 Å². The molecular formula is C24H27NO5. The van der Waals surface area contributed by atoms with E-state index in [1.54, 1.807) is 0 Å². The first kappa shape index (κ1) is 21.7. The van der Waals surface area contributed by atoms with E-state index < -0.39 is 35.3 Å². The molecule has 1 heterocycles. The summed E-state index contributed by atoms with van der Waals surface area (Å²) in [6.07, 6.45) is -0.805. The molecule has 3 unspecified atom stereocenters. The van der Waals surface area contributed by atoms with E-state index in [9.17, 15) is 14.4 Å². The summed E-state index contributed by atoms with van der Waals surface area (Å²) >= 11 is 0. The average molecular weight is 409 g/mol. The van der Waals surface area contributed by atoms with Gasteiger partial charge in [-0.15, -0.1) is 0 Å². The molecule has 2 aromatic rings. The van der Waals surface area contributed by atoms with Crippen molar-refractivity contribution in [3.63, 3.8) is 0 Å². The van der Waals surface area contributed by atoms with Gasteiger partial charge >= 0.3 is 5.97 Å². The summed E-state index contributed by atoms with van der Waals surface area (Å²) in [5, 5.41) is 0. The molecule has 6 nitrogen and oxygen atoms in total. The predicted octanol–water partition coefficient (Wildman–Crippen LogP) is 3.24. The van der Waals surface area contributed by atoms with Crippen molar-refractivity contribution in [3.05, 3.63) is 60.2 Å². The number of benzene rings is 2. The van der Waals surface area contributed by atoms with Crippen LogP contribution >= 0.6 is 0 Å². The maximum absolute atomic E-state index is 13.2. The normalized spacial score (nSPS) is 22.1. The van der Waals surface area contributed by atoms with E-state index in [2.05, 4.69) is 0 Å². The lowest BCUT2D eigenvalue weighted by atomic mass is 9.88. The topological polar surface area (TPSA) is 95.7 Å². The Labute approximate surface area is 176 Å². The highest BCUT2D eigenvalue weighted by atomic mass is 16.6. The molecule has 30 heavy (non-hydrogen) atoms. The molecular weight excluding hydrogens is 382 g/mol. The monoisotopic (exact) mass is 409 g/mol. The molecule has 0 spiro atoms. The molecule has 0 saturated carbocycles. The third-order valence-electron chi connectivity index (χ3n) is 5.42. The van der Waals surface area contributed by atoms with Crippen molar-refractivity contribution >= 4 is 17.7 Å². The molecule has 3 rings (SSSR count). The van der Waals surface area contributed by atoms with Gasteiger partial charge in [0.1, 0.15) is 6.61 Å². The van der Waals surface area contributed by atoms with Gasteiger partial charge in [0.25, 0.3) is 5.91 Å². The van der Waals surface area contributed by atoms with E-state index in [1.165, 1.54) is 6.92 Å². The molecule has 0 bridgehead atoms. The standard InChI is InChI=1S/C24H27NO5/c1-15(2)12-19(18-11-7-10-17(13-18)16-8-5-4-6-9-16)22(27)30-21-20(26)14-29-24(21,3)23(25)28/h4-11,13,15,19,21H,12,14H2,1-3H3,(H2,25,28). The number of ether oxygens (including phenoxy) is 2. The Morgan fingerprint density at radius 2 is 1.80 bits per heavy atom. The smallest absolute Gasteiger partial charge is 0.314 e. The molecule has 1 saturated heterocycles. The molecule has 2 aromatic carbocycles. The van der Waals surface area contributed by atoms with E-state index in [4.69, 9.17) is 15.2 Å². The van der Waals surface area contributed by atoms with Crippen LogP contribution in [0.2, 0.25) is 0 Å². The van der Waals surface area contributed by atoms with E-state index in [-0.39, 0.29) is 12.5 Å². The van der Waals surface area contributed by atoms with Crippen molar-refractivity contribution in [2.24, 2.45) is 11.7 Å². The van der Waals surface area contributed by atoms with Crippen LogP contribution in [0.25, 0.3) is 11.1 Å². The first-order valence-corrected chi connectivity index (χ1v) is 10.0. The number of carbonyl (C=O) groups is 3. The summed E-state index contributed by atoms with van der Waals surface area (Å²) in [4.78, 5) is 37.2. The van der Waals surface area contributed by atoms with Gasteiger partial charge in [0.15, 0.2) is 11.7 Å². The lowest BCUT2D eigenvalue weighted by molar-refractivity contribution is -0.167. The van der Waals surface area contributed by atoms with Crippen molar-refractivity contribution in [2.75, 3.05) is 6.61 Å². The summed E-state index contributed by atoms with van der Waals surface area (Å²) in [5.41, 5.74) is 6.57. The fourth-order valence-corrected chi connectivity index (χ4v) is 3.66. The Hall–Kier alpha value is -2.99. The van der Waals surface area contributed by atoms with Crippen LogP contribution in [-0.2, 0) is 23.9 Å². The lowest BCUT2D eigenvalue weighted by Crippen LogP contribution is -2.52. The minimum absolute atomic E-state index is 0.209. The molecule has 0 radical (unpaired) electrons. The first-order valence-electron chi connectivity index (χ1n) is 10.0. The Bertz CT molecular complexity index is 940. The van der Waals surface area contributed by atoms with Crippen LogP contribution < -0.4 is 5.73 Å². The van der Waals surface area contributed by atoms with E-state index in [1.807, 2.05) is 68.4 Å². The van der Waals surface area contributed by atoms with Crippen LogP contribution in [0.3, 0.4) is 0 Å². The second-order valence-corrected chi connectivity index (χ2v) is 8.22. The van der Waals surface area contributed by atoms with Crippen molar-refractivity contribution in [1.29, 1.82) is 0 Å². The first-order chi connectivity index (χ1) is 14.2. The van der Waals surface area contributed by atoms with Gasteiger partial charge in [0.05, 0.1) is 5.92 Å². The Morgan fingerprint density at radius 1 is 1.13 bits per heavy atom. The fourth-order valence-electron chi connectivity index (χ4n) is 3.66. The fraction of sp³-hybridized carbons (Fsp3) is 0.375. The number of nitrogens with two attached hydrogens (primary N) is 1. The van der Waals surface area contributed by atoms with E-state index in [0.717, 1.165) is 16.7 Å². The summed E-state index contributed by atoms with van der Waals surface area (Å²) in [6, 6.07) is 17.6. The summed E-state index contributed by atoms with van der Waals surface area (Å²) in [6.45, 7) is 5.10. The molecule has 1 aliphatic heterocycles. The predicted molar refractivity (Wildman–Crippen MR) is 113 cm³/mol. The van der Waals surface area contributed by atoms with E-state index in [0.29, 0.717) is 6.42 Å². The van der Waals surface area contributed by atoms with Crippen LogP contribution in [0.5, 0.6) is 0 Å². The van der Waals surface area contributed by atoms with Crippen molar-refractivity contribution < 1.29 is 23.9 Å². The van der Waals surface area contributed by atoms with Crippen molar-refractivity contribution in [1.82, 2.24) is 0 Å². The summed E-state index contributed by atoms with van der Waals surface area (Å²) in [7, 11) is 0. The summed E-state index contributed by atoms with van der Waals surface area (Å²) < 4.78 is 10.8. The van der Waals surface area contributed by atoms with Gasteiger partial charge in [-0.25, -0.2) is 0 Å². The van der Waals surface area contributed by atoms with Gasteiger partial charge in [0.2, 0.25) is 5.78 Å². The zero-order chi connectivity index (χ0) is 21.9. The average Bonchev–Trinajstić information content (AvgIpc) is 3.02. The maximum atomic E-state index is 13.2. The SMILES string of the molecule is CC(C)CC(C(=O)OC1C(=O)COC1(C)C(N)=O)c1cccc(-c2ccccc2)c1. The van der Waals surface area contributed by atoms with Gasteiger partial charge in [-0.2, -0.15) is 0 Å². The molecule has 1 fully saturated rings. The second kappa shape index (κ2) is 8.79. The van der Waals surface area contributed by atoms with Crippen LogP contribution in [0.15, 0.2) is 54.6 Å². The number of carbonyl (C=O) groups excluding carboxylic acids is 3.